The Kier molecular flexibility index (Phi) is 4.83. The van der Waals surface area contributed by atoms with Crippen molar-refractivity contribution in [3.8, 4) is 5.75 Å². The first-order valence-corrected chi connectivity index (χ1v) is 9.49. The Labute approximate surface area is 156 Å². The van der Waals surface area contributed by atoms with E-state index in [1.54, 1.807) is 6.07 Å². The third-order valence-electron chi connectivity index (χ3n) is 5.60. The van der Waals surface area contributed by atoms with Crippen LogP contribution in [0.15, 0.2) is 30.3 Å². The van der Waals surface area contributed by atoms with Crippen LogP contribution < -0.4 is 5.32 Å². The third-order valence-corrected chi connectivity index (χ3v) is 5.60. The number of aromatic hydroxyl groups is 1. The number of ketones is 1. The number of carbonyl (C=O) groups is 1. The van der Waals surface area contributed by atoms with Crippen LogP contribution in [-0.4, -0.2) is 16.9 Å². The second-order valence-corrected chi connectivity index (χ2v) is 8.12. The standard InChI is InChI=1S/C23H29NO2/c1-12(2)16-8-9-18(17(11-16)13(3)4)24-22-15(6)20-14(5)7-10-19(25)21(20)23(22)26/h7-13,15,22,24-25H,1-6H3. The zero-order valence-corrected chi connectivity index (χ0v) is 16.6. The van der Waals surface area contributed by atoms with E-state index >= 15 is 0 Å². The number of carbonyl (C=O) groups excluding carboxylic acids is 1. The maximum absolute atomic E-state index is 13.0. The van der Waals surface area contributed by atoms with Gasteiger partial charge < -0.3 is 10.4 Å². The molecule has 2 aromatic rings. The summed E-state index contributed by atoms with van der Waals surface area (Å²) in [5.74, 6) is 0.926. The Morgan fingerprint density at radius 2 is 1.73 bits per heavy atom. The maximum atomic E-state index is 13.0. The molecule has 26 heavy (non-hydrogen) atoms. The molecule has 1 aliphatic rings. The molecule has 0 aliphatic heterocycles. The predicted octanol–water partition coefficient (Wildman–Crippen LogP) is 5.73. The summed E-state index contributed by atoms with van der Waals surface area (Å²) in [5, 5.41) is 13.7. The predicted molar refractivity (Wildman–Crippen MR) is 108 cm³/mol. The van der Waals surface area contributed by atoms with Gasteiger partial charge in [-0.25, -0.2) is 0 Å². The van der Waals surface area contributed by atoms with E-state index in [4.69, 9.17) is 0 Å². The molecule has 2 atom stereocenters. The Bertz CT molecular complexity index is 852. The van der Waals surface area contributed by atoms with E-state index in [0.717, 1.165) is 16.8 Å². The molecule has 138 valence electrons. The lowest BCUT2D eigenvalue weighted by atomic mass is 9.92. The molecule has 0 radical (unpaired) electrons. The highest BCUT2D eigenvalue weighted by molar-refractivity contribution is 6.09. The molecule has 1 aliphatic carbocycles. The molecule has 3 rings (SSSR count). The molecule has 0 spiro atoms. The van der Waals surface area contributed by atoms with Crippen molar-refractivity contribution >= 4 is 11.5 Å². The van der Waals surface area contributed by atoms with E-state index in [1.807, 2.05) is 13.0 Å². The fraction of sp³-hybridized carbons (Fsp3) is 0.435. The van der Waals surface area contributed by atoms with Crippen molar-refractivity contribution in [3.05, 3.63) is 58.1 Å². The fourth-order valence-electron chi connectivity index (χ4n) is 4.01. The van der Waals surface area contributed by atoms with Crippen LogP contribution in [0.4, 0.5) is 5.69 Å². The van der Waals surface area contributed by atoms with Crippen LogP contribution in [0.1, 0.15) is 85.0 Å². The first-order valence-electron chi connectivity index (χ1n) is 9.49. The van der Waals surface area contributed by atoms with Gasteiger partial charge in [0, 0.05) is 11.6 Å². The first-order chi connectivity index (χ1) is 12.2. The van der Waals surface area contributed by atoms with Crippen LogP contribution in [0.2, 0.25) is 0 Å². The van der Waals surface area contributed by atoms with Crippen molar-refractivity contribution in [1.29, 1.82) is 0 Å². The zero-order chi connectivity index (χ0) is 19.2. The molecule has 2 N–H and O–H groups in total. The quantitative estimate of drug-likeness (QED) is 0.740. The van der Waals surface area contributed by atoms with Gasteiger partial charge in [-0.1, -0.05) is 52.8 Å². The molecule has 0 heterocycles. The summed E-state index contributed by atoms with van der Waals surface area (Å²) >= 11 is 0. The second-order valence-electron chi connectivity index (χ2n) is 8.12. The summed E-state index contributed by atoms with van der Waals surface area (Å²) in [4.78, 5) is 13.0. The second kappa shape index (κ2) is 6.79. The van der Waals surface area contributed by atoms with Crippen LogP contribution in [-0.2, 0) is 0 Å². The molecule has 0 aromatic heterocycles. The monoisotopic (exact) mass is 351 g/mol. The summed E-state index contributed by atoms with van der Waals surface area (Å²) in [5.41, 5.74) is 6.06. The number of Topliss-reactive ketones (excluding diaryl/α,β-unsaturated/α-hetero) is 1. The smallest absolute Gasteiger partial charge is 0.189 e. The Balaban J connectivity index is 1.99. The minimum absolute atomic E-state index is 0.0173. The van der Waals surface area contributed by atoms with Gasteiger partial charge in [0.2, 0.25) is 0 Å². The lowest BCUT2D eigenvalue weighted by Crippen LogP contribution is -2.29. The minimum atomic E-state index is -0.348. The number of hydrogen-bond donors (Lipinski definition) is 2. The van der Waals surface area contributed by atoms with Gasteiger partial charge in [-0.2, -0.15) is 0 Å². The van der Waals surface area contributed by atoms with Crippen molar-refractivity contribution in [3.63, 3.8) is 0 Å². The zero-order valence-electron chi connectivity index (χ0n) is 16.6. The summed E-state index contributed by atoms with van der Waals surface area (Å²) in [7, 11) is 0. The highest BCUT2D eigenvalue weighted by atomic mass is 16.3. The topological polar surface area (TPSA) is 49.3 Å². The maximum Gasteiger partial charge on any atom is 0.189 e. The van der Waals surface area contributed by atoms with Crippen molar-refractivity contribution in [1.82, 2.24) is 0 Å². The van der Waals surface area contributed by atoms with Crippen molar-refractivity contribution in [2.24, 2.45) is 0 Å². The SMILES string of the molecule is Cc1ccc(O)c2c1C(C)C(Nc1ccc(C(C)C)cc1C(C)C)C2=O. The lowest BCUT2D eigenvalue weighted by Gasteiger charge is -2.23. The molecule has 2 aromatic carbocycles. The molecule has 3 nitrogen and oxygen atoms in total. The molecule has 0 saturated heterocycles. The van der Waals surface area contributed by atoms with Crippen LogP contribution in [0.25, 0.3) is 0 Å². The Morgan fingerprint density at radius 1 is 1.04 bits per heavy atom. The fourth-order valence-corrected chi connectivity index (χ4v) is 4.01. The number of fused-ring (bicyclic) bond motifs is 1. The number of aryl methyl sites for hydroxylation is 1. The molecule has 2 unspecified atom stereocenters. The van der Waals surface area contributed by atoms with Crippen molar-refractivity contribution in [2.75, 3.05) is 5.32 Å². The highest BCUT2D eigenvalue weighted by Gasteiger charge is 2.40. The number of phenols is 1. The van der Waals surface area contributed by atoms with Gasteiger partial charge >= 0.3 is 0 Å². The number of phenolic OH excluding ortho intramolecular Hbond substituents is 1. The van der Waals surface area contributed by atoms with Crippen LogP contribution in [0, 0.1) is 6.92 Å². The van der Waals surface area contributed by atoms with E-state index in [0.29, 0.717) is 17.4 Å². The normalized spacial score (nSPS) is 19.3. The molecule has 0 bridgehead atoms. The van der Waals surface area contributed by atoms with Gasteiger partial charge in [0.05, 0.1) is 11.6 Å². The Hall–Kier alpha value is -2.29. The molecule has 0 fully saturated rings. The summed E-state index contributed by atoms with van der Waals surface area (Å²) in [6, 6.07) is 9.64. The van der Waals surface area contributed by atoms with Gasteiger partial charge in [0.1, 0.15) is 5.75 Å². The van der Waals surface area contributed by atoms with E-state index in [1.165, 1.54) is 11.1 Å². The van der Waals surface area contributed by atoms with Crippen molar-refractivity contribution < 1.29 is 9.90 Å². The van der Waals surface area contributed by atoms with E-state index in [2.05, 4.69) is 58.1 Å². The van der Waals surface area contributed by atoms with Crippen LogP contribution >= 0.6 is 0 Å². The number of anilines is 1. The molecule has 0 amide bonds. The van der Waals surface area contributed by atoms with E-state index < -0.39 is 0 Å². The first kappa shape index (κ1) is 18.5. The minimum Gasteiger partial charge on any atom is -0.507 e. The number of benzene rings is 2. The van der Waals surface area contributed by atoms with Crippen molar-refractivity contribution in [2.45, 2.75) is 65.3 Å². The van der Waals surface area contributed by atoms with Gasteiger partial charge in [-0.3, -0.25) is 4.79 Å². The molecular formula is C23H29NO2. The van der Waals surface area contributed by atoms with Crippen LogP contribution in [0.3, 0.4) is 0 Å². The van der Waals surface area contributed by atoms with Gasteiger partial charge in [0.15, 0.2) is 5.78 Å². The molecule has 0 saturated carbocycles. The Morgan fingerprint density at radius 3 is 2.31 bits per heavy atom. The number of rotatable bonds is 4. The average Bonchev–Trinajstić information content (AvgIpc) is 2.84. The summed E-state index contributed by atoms with van der Waals surface area (Å²) in [6.45, 7) is 12.8. The number of nitrogens with one attached hydrogen (secondary N) is 1. The largest absolute Gasteiger partial charge is 0.507 e. The molecular weight excluding hydrogens is 322 g/mol. The summed E-state index contributed by atoms with van der Waals surface area (Å²) in [6.07, 6.45) is 0. The van der Waals surface area contributed by atoms with Gasteiger partial charge in [-0.15, -0.1) is 0 Å². The average molecular weight is 351 g/mol. The molecule has 3 heteroatoms. The van der Waals surface area contributed by atoms with E-state index in [-0.39, 0.29) is 23.5 Å². The third kappa shape index (κ3) is 3.00. The highest BCUT2D eigenvalue weighted by Crippen LogP contribution is 2.42. The lowest BCUT2D eigenvalue weighted by molar-refractivity contribution is 0.0974. The van der Waals surface area contributed by atoms with Gasteiger partial charge in [0.25, 0.3) is 0 Å². The number of hydrogen-bond acceptors (Lipinski definition) is 3. The van der Waals surface area contributed by atoms with Crippen LogP contribution in [0.5, 0.6) is 5.75 Å². The van der Waals surface area contributed by atoms with E-state index in [9.17, 15) is 9.90 Å². The summed E-state index contributed by atoms with van der Waals surface area (Å²) < 4.78 is 0. The van der Waals surface area contributed by atoms with Gasteiger partial charge in [-0.05, 0) is 53.1 Å².